The molecule has 0 amide bonds. The Kier molecular flexibility index (Phi) is 4.37. The first-order valence-corrected chi connectivity index (χ1v) is 7.92. The second-order valence-electron chi connectivity index (χ2n) is 4.80. The highest BCUT2D eigenvalue weighted by atomic mass is 32.2. The fourth-order valence-corrected chi connectivity index (χ4v) is 3.02. The van der Waals surface area contributed by atoms with Crippen molar-refractivity contribution in [3.05, 3.63) is 59.4 Å². The van der Waals surface area contributed by atoms with Crippen molar-refractivity contribution in [2.45, 2.75) is 25.7 Å². The molecule has 0 saturated heterocycles. The molecule has 0 atom stereocenters. The number of nitrogens with one attached hydrogen (secondary N) is 1. The first-order valence-electron chi connectivity index (χ1n) is 6.44. The van der Waals surface area contributed by atoms with Crippen molar-refractivity contribution < 1.29 is 8.42 Å². The molecule has 0 radical (unpaired) electrons. The van der Waals surface area contributed by atoms with Gasteiger partial charge in [-0.3, -0.25) is 4.98 Å². The molecule has 0 aliphatic heterocycles. The van der Waals surface area contributed by atoms with Gasteiger partial charge in [0.05, 0.1) is 10.6 Å². The molecule has 1 N–H and O–H groups in total. The summed E-state index contributed by atoms with van der Waals surface area (Å²) in [5, 5.41) is 3.96. The number of nitrogens with zero attached hydrogens (tertiary/aromatic N) is 2. The fraction of sp³-hybridized carbons (Fsp3) is 0.200. The van der Waals surface area contributed by atoms with Crippen LogP contribution in [0.1, 0.15) is 23.6 Å². The molecule has 1 heterocycles. The zero-order valence-corrected chi connectivity index (χ0v) is 13.0. The van der Waals surface area contributed by atoms with Crippen LogP contribution in [0, 0.1) is 13.8 Å². The van der Waals surface area contributed by atoms with Crippen LogP contribution >= 0.6 is 0 Å². The molecule has 110 valence electrons. The minimum atomic E-state index is -3.67. The van der Waals surface area contributed by atoms with E-state index in [2.05, 4.69) is 14.9 Å². The number of benzene rings is 1. The van der Waals surface area contributed by atoms with Crippen molar-refractivity contribution in [2.24, 2.45) is 5.10 Å². The van der Waals surface area contributed by atoms with Gasteiger partial charge in [0.2, 0.25) is 0 Å². The van der Waals surface area contributed by atoms with Crippen LogP contribution in [0.25, 0.3) is 0 Å². The van der Waals surface area contributed by atoms with Gasteiger partial charge in [-0.15, -0.1) is 0 Å². The van der Waals surface area contributed by atoms with Crippen molar-refractivity contribution in [1.29, 1.82) is 0 Å². The molecule has 2 rings (SSSR count). The topological polar surface area (TPSA) is 71.4 Å². The second kappa shape index (κ2) is 6.05. The van der Waals surface area contributed by atoms with Crippen LogP contribution in [0.3, 0.4) is 0 Å². The summed E-state index contributed by atoms with van der Waals surface area (Å²) in [6.45, 7) is 5.35. The molecule has 0 spiro atoms. The van der Waals surface area contributed by atoms with E-state index in [1.54, 1.807) is 50.5 Å². The average molecular weight is 303 g/mol. The lowest BCUT2D eigenvalue weighted by atomic mass is 10.2. The Morgan fingerprint density at radius 3 is 2.48 bits per heavy atom. The number of hydrogen-bond acceptors (Lipinski definition) is 4. The van der Waals surface area contributed by atoms with Crippen molar-refractivity contribution in [1.82, 2.24) is 9.82 Å². The highest BCUT2D eigenvalue weighted by molar-refractivity contribution is 7.89. The molecule has 0 aliphatic carbocycles. The third kappa shape index (κ3) is 3.66. The van der Waals surface area contributed by atoms with E-state index in [-0.39, 0.29) is 4.90 Å². The van der Waals surface area contributed by atoms with Crippen molar-refractivity contribution in [3.8, 4) is 0 Å². The molecule has 0 bridgehead atoms. The number of sulfonamides is 1. The normalized spacial score (nSPS) is 12.2. The monoisotopic (exact) mass is 303 g/mol. The van der Waals surface area contributed by atoms with Gasteiger partial charge < -0.3 is 0 Å². The van der Waals surface area contributed by atoms with E-state index in [4.69, 9.17) is 0 Å². The van der Waals surface area contributed by atoms with Crippen molar-refractivity contribution >= 4 is 15.7 Å². The maximum Gasteiger partial charge on any atom is 0.276 e. The van der Waals surface area contributed by atoms with E-state index in [1.165, 1.54) is 0 Å². The molecule has 0 fully saturated rings. The number of hydrazone groups is 1. The Labute approximate surface area is 124 Å². The lowest BCUT2D eigenvalue weighted by molar-refractivity contribution is 0.583. The van der Waals surface area contributed by atoms with Gasteiger partial charge in [0.1, 0.15) is 0 Å². The number of aryl methyl sites for hydroxylation is 2. The summed E-state index contributed by atoms with van der Waals surface area (Å²) in [7, 11) is -3.67. The van der Waals surface area contributed by atoms with Gasteiger partial charge >= 0.3 is 0 Å². The Balaban J connectivity index is 2.28. The maximum atomic E-state index is 12.3. The molecule has 2 aromatic rings. The Morgan fingerprint density at radius 1 is 1.14 bits per heavy atom. The van der Waals surface area contributed by atoms with Gasteiger partial charge in [-0.1, -0.05) is 12.1 Å². The first-order chi connectivity index (χ1) is 9.90. The third-order valence-electron chi connectivity index (χ3n) is 3.06. The highest BCUT2D eigenvalue weighted by Crippen LogP contribution is 2.16. The average Bonchev–Trinajstić information content (AvgIpc) is 2.48. The van der Waals surface area contributed by atoms with E-state index in [1.807, 2.05) is 13.0 Å². The first kappa shape index (κ1) is 15.2. The second-order valence-corrected chi connectivity index (χ2v) is 6.43. The van der Waals surface area contributed by atoms with Crippen molar-refractivity contribution in [3.63, 3.8) is 0 Å². The number of rotatable bonds is 4. The van der Waals surface area contributed by atoms with Gasteiger partial charge in [-0.2, -0.15) is 18.4 Å². The van der Waals surface area contributed by atoms with Crippen LogP contribution in [0.5, 0.6) is 0 Å². The molecule has 5 nitrogen and oxygen atoms in total. The van der Waals surface area contributed by atoms with Crippen LogP contribution in [-0.2, 0) is 10.0 Å². The van der Waals surface area contributed by atoms with Gasteiger partial charge in [0.15, 0.2) is 0 Å². The van der Waals surface area contributed by atoms with Crippen molar-refractivity contribution in [2.75, 3.05) is 0 Å². The lowest BCUT2D eigenvalue weighted by Crippen LogP contribution is -2.21. The SMILES string of the molecule is C/C(=N\NS(=O)(=O)c1cc(C)ccc1C)c1ccncc1. The van der Waals surface area contributed by atoms with E-state index in [9.17, 15) is 8.42 Å². The number of pyridine rings is 1. The number of aromatic nitrogens is 1. The summed E-state index contributed by atoms with van der Waals surface area (Å²) in [5.41, 5.74) is 2.96. The molecule has 1 aromatic heterocycles. The molecule has 0 unspecified atom stereocenters. The van der Waals surface area contributed by atoms with Crippen LogP contribution in [-0.4, -0.2) is 19.1 Å². The van der Waals surface area contributed by atoms with E-state index in [0.29, 0.717) is 11.3 Å². The third-order valence-corrected chi connectivity index (χ3v) is 4.42. The predicted octanol–water partition coefficient (Wildman–Crippen LogP) is 2.40. The van der Waals surface area contributed by atoms with E-state index >= 15 is 0 Å². The molecular formula is C15H17N3O2S. The van der Waals surface area contributed by atoms with Crippen LogP contribution < -0.4 is 4.83 Å². The minimum absolute atomic E-state index is 0.244. The molecule has 0 saturated carbocycles. The zero-order valence-electron chi connectivity index (χ0n) is 12.2. The summed E-state index contributed by atoms with van der Waals surface area (Å²) in [6.07, 6.45) is 3.26. The van der Waals surface area contributed by atoms with Gasteiger partial charge in [-0.05, 0) is 50.1 Å². The zero-order chi connectivity index (χ0) is 15.5. The van der Waals surface area contributed by atoms with Gasteiger partial charge in [-0.25, -0.2) is 0 Å². The predicted molar refractivity (Wildman–Crippen MR) is 82.7 cm³/mol. The van der Waals surface area contributed by atoms with E-state index in [0.717, 1.165) is 11.1 Å². The Morgan fingerprint density at radius 2 is 1.81 bits per heavy atom. The standard InChI is InChI=1S/C15H17N3O2S/c1-11-4-5-12(2)15(10-11)21(19,20)18-17-13(3)14-6-8-16-9-7-14/h4-10,18H,1-3H3/b17-13+. The molecule has 6 heteroatoms. The molecule has 21 heavy (non-hydrogen) atoms. The largest absolute Gasteiger partial charge is 0.276 e. The lowest BCUT2D eigenvalue weighted by Gasteiger charge is -2.08. The van der Waals surface area contributed by atoms with Crippen LogP contribution in [0.4, 0.5) is 0 Å². The summed E-state index contributed by atoms with van der Waals surface area (Å²) >= 11 is 0. The smallest absolute Gasteiger partial charge is 0.265 e. The summed E-state index contributed by atoms with van der Waals surface area (Å²) in [6, 6.07) is 8.83. The minimum Gasteiger partial charge on any atom is -0.265 e. The highest BCUT2D eigenvalue weighted by Gasteiger charge is 2.16. The van der Waals surface area contributed by atoms with E-state index < -0.39 is 10.0 Å². The molecular weight excluding hydrogens is 286 g/mol. The summed E-state index contributed by atoms with van der Waals surface area (Å²) in [4.78, 5) is 6.44. The quantitative estimate of drug-likeness (QED) is 0.696. The number of hydrogen-bond donors (Lipinski definition) is 1. The van der Waals surface area contributed by atoms with Crippen LogP contribution in [0.15, 0.2) is 52.7 Å². The molecule has 0 aliphatic rings. The molecule has 1 aromatic carbocycles. The summed E-state index contributed by atoms with van der Waals surface area (Å²) < 4.78 is 24.6. The maximum absolute atomic E-state index is 12.3. The Bertz CT molecular complexity index is 769. The van der Waals surface area contributed by atoms with Gasteiger partial charge in [0, 0.05) is 18.0 Å². The Hall–Kier alpha value is -2.21. The fourth-order valence-electron chi connectivity index (χ4n) is 1.83. The van der Waals surface area contributed by atoms with Gasteiger partial charge in [0.25, 0.3) is 10.0 Å². The van der Waals surface area contributed by atoms with Crippen LogP contribution in [0.2, 0.25) is 0 Å². The summed E-state index contributed by atoms with van der Waals surface area (Å²) in [5.74, 6) is 0.